The molecule has 0 radical (unpaired) electrons. The lowest BCUT2D eigenvalue weighted by Gasteiger charge is -2.08. The number of aromatic hydroxyl groups is 2. The number of rotatable bonds is 4. The van der Waals surface area contributed by atoms with Crippen LogP contribution in [0.3, 0.4) is 0 Å². The number of hydrogen-bond donors (Lipinski definition) is 5. The van der Waals surface area contributed by atoms with Crippen molar-refractivity contribution in [1.82, 2.24) is 10.9 Å². The van der Waals surface area contributed by atoms with E-state index in [9.17, 15) is 10.2 Å². The second-order valence-electron chi connectivity index (χ2n) is 5.32. The van der Waals surface area contributed by atoms with Crippen molar-refractivity contribution in [2.24, 2.45) is 10.2 Å². The SMILES string of the molecule is CC(=NNC(=N)NN=C(C)c1ccc(Cl)cc1O)c1ccc(Cl)cc1O.Cl. The summed E-state index contributed by atoms with van der Waals surface area (Å²) < 4.78 is 0. The molecule has 7 nitrogen and oxygen atoms in total. The molecule has 0 aromatic heterocycles. The molecule has 2 rings (SSSR count). The van der Waals surface area contributed by atoms with Gasteiger partial charge in [0.05, 0.1) is 11.4 Å². The number of phenols is 2. The zero-order valence-corrected chi connectivity index (χ0v) is 16.7. The Kier molecular flexibility index (Phi) is 8.36. The Hall–Kier alpha value is -2.48. The lowest BCUT2D eigenvalue weighted by molar-refractivity contribution is 0.473. The molecular formula is C17H18Cl3N5O2. The van der Waals surface area contributed by atoms with Gasteiger partial charge in [0, 0.05) is 21.2 Å². The number of nitrogens with zero attached hydrogens (tertiary/aromatic N) is 2. The number of halogens is 3. The lowest BCUT2D eigenvalue weighted by atomic mass is 10.1. The molecule has 0 heterocycles. The van der Waals surface area contributed by atoms with Gasteiger partial charge in [0.2, 0.25) is 5.96 Å². The molecule has 0 unspecified atom stereocenters. The van der Waals surface area contributed by atoms with Crippen LogP contribution in [0.2, 0.25) is 10.0 Å². The van der Waals surface area contributed by atoms with Crippen molar-refractivity contribution in [3.63, 3.8) is 0 Å². The summed E-state index contributed by atoms with van der Waals surface area (Å²) in [7, 11) is 0. The van der Waals surface area contributed by atoms with E-state index < -0.39 is 0 Å². The molecule has 0 atom stereocenters. The Labute approximate surface area is 172 Å². The minimum atomic E-state index is -0.189. The molecule has 0 aliphatic rings. The van der Waals surface area contributed by atoms with Gasteiger partial charge in [-0.1, -0.05) is 23.2 Å². The predicted octanol–water partition coefficient (Wildman–Crippen LogP) is 4.09. The quantitative estimate of drug-likeness (QED) is 0.285. The van der Waals surface area contributed by atoms with Crippen LogP contribution < -0.4 is 10.9 Å². The molecule has 0 aliphatic heterocycles. The van der Waals surface area contributed by atoms with E-state index >= 15 is 0 Å². The molecular weight excluding hydrogens is 413 g/mol. The Balaban J connectivity index is 0.00000364. The molecule has 144 valence electrons. The number of hydrogen-bond acceptors (Lipinski definition) is 5. The van der Waals surface area contributed by atoms with Gasteiger partial charge >= 0.3 is 0 Å². The summed E-state index contributed by atoms with van der Waals surface area (Å²) in [5.74, 6) is -0.204. The fourth-order valence-corrected chi connectivity index (χ4v) is 2.38. The van der Waals surface area contributed by atoms with Gasteiger partial charge in [-0.3, -0.25) is 5.41 Å². The van der Waals surface area contributed by atoms with Crippen molar-refractivity contribution in [3.8, 4) is 11.5 Å². The maximum absolute atomic E-state index is 9.86. The Bertz CT molecular complexity index is 829. The van der Waals surface area contributed by atoms with Crippen LogP contribution in [0.5, 0.6) is 11.5 Å². The molecule has 10 heteroatoms. The number of hydrazone groups is 2. The fourth-order valence-electron chi connectivity index (χ4n) is 2.05. The highest BCUT2D eigenvalue weighted by Crippen LogP contribution is 2.23. The summed E-state index contributed by atoms with van der Waals surface area (Å²) in [6.07, 6.45) is 0. The van der Waals surface area contributed by atoms with E-state index in [1.807, 2.05) is 0 Å². The summed E-state index contributed by atoms with van der Waals surface area (Å²) in [4.78, 5) is 0. The standard InChI is InChI=1S/C17H17Cl2N5O2.ClH/c1-9(13-5-3-11(18)7-15(13)25)21-23-17(20)24-22-10(2)14-6-4-12(19)8-16(14)26;/h3-8,25-26H,1-2H3,(H3,20,23,24);1H. The van der Waals surface area contributed by atoms with Crippen molar-refractivity contribution in [1.29, 1.82) is 5.41 Å². The summed E-state index contributed by atoms with van der Waals surface area (Å²) in [5.41, 5.74) is 6.85. The molecule has 0 spiro atoms. The third-order valence-electron chi connectivity index (χ3n) is 3.37. The first-order chi connectivity index (χ1) is 12.3. The zero-order chi connectivity index (χ0) is 19.3. The van der Waals surface area contributed by atoms with Crippen LogP contribution in [0.4, 0.5) is 0 Å². The fraction of sp³-hybridized carbons (Fsp3) is 0.118. The minimum absolute atomic E-state index is 0. The van der Waals surface area contributed by atoms with Crippen molar-refractivity contribution in [2.45, 2.75) is 13.8 Å². The highest BCUT2D eigenvalue weighted by atomic mass is 35.5. The van der Waals surface area contributed by atoms with E-state index in [2.05, 4.69) is 21.1 Å². The molecule has 0 amide bonds. The summed E-state index contributed by atoms with van der Waals surface area (Å²) in [6.45, 7) is 3.34. The predicted molar refractivity (Wildman–Crippen MR) is 112 cm³/mol. The summed E-state index contributed by atoms with van der Waals surface area (Å²) in [5, 5.41) is 36.3. The first-order valence-electron chi connectivity index (χ1n) is 7.45. The van der Waals surface area contributed by atoms with Crippen LogP contribution in [0, 0.1) is 5.41 Å². The first kappa shape index (κ1) is 22.6. The molecule has 0 saturated carbocycles. The average molecular weight is 431 g/mol. The van der Waals surface area contributed by atoms with Crippen LogP contribution in [0.25, 0.3) is 0 Å². The van der Waals surface area contributed by atoms with Crippen LogP contribution in [0.1, 0.15) is 25.0 Å². The molecule has 2 aromatic carbocycles. The van der Waals surface area contributed by atoms with Gasteiger partial charge in [-0.05, 0) is 50.2 Å². The third-order valence-corrected chi connectivity index (χ3v) is 3.84. The maximum Gasteiger partial charge on any atom is 0.230 e. The third kappa shape index (κ3) is 6.32. The monoisotopic (exact) mass is 429 g/mol. The summed E-state index contributed by atoms with van der Waals surface area (Å²) >= 11 is 11.6. The Morgan fingerprint density at radius 1 is 0.852 bits per heavy atom. The van der Waals surface area contributed by atoms with Crippen molar-refractivity contribution < 1.29 is 10.2 Å². The van der Waals surface area contributed by atoms with Gasteiger partial charge < -0.3 is 10.2 Å². The lowest BCUT2D eigenvalue weighted by Crippen LogP contribution is -2.30. The molecule has 2 aromatic rings. The van der Waals surface area contributed by atoms with Crippen molar-refractivity contribution in [2.75, 3.05) is 0 Å². The van der Waals surface area contributed by atoms with E-state index in [1.165, 1.54) is 12.1 Å². The van der Waals surface area contributed by atoms with Gasteiger partial charge in [-0.15, -0.1) is 12.4 Å². The number of guanidine groups is 1. The second kappa shape index (κ2) is 10.0. The number of phenolic OH excluding ortho intramolecular Hbond substituents is 2. The van der Waals surface area contributed by atoms with Crippen LogP contribution in [-0.2, 0) is 0 Å². The van der Waals surface area contributed by atoms with Gasteiger partial charge in [-0.2, -0.15) is 10.2 Å². The van der Waals surface area contributed by atoms with Crippen LogP contribution in [0.15, 0.2) is 46.6 Å². The van der Waals surface area contributed by atoms with Crippen molar-refractivity contribution in [3.05, 3.63) is 57.6 Å². The minimum Gasteiger partial charge on any atom is -0.507 e. The Morgan fingerprint density at radius 3 is 1.56 bits per heavy atom. The highest BCUT2D eigenvalue weighted by Gasteiger charge is 2.07. The van der Waals surface area contributed by atoms with Gasteiger partial charge in [0.25, 0.3) is 0 Å². The number of nitrogens with one attached hydrogen (secondary N) is 3. The van der Waals surface area contributed by atoms with E-state index in [4.69, 9.17) is 28.6 Å². The Morgan fingerprint density at radius 2 is 1.22 bits per heavy atom. The zero-order valence-electron chi connectivity index (χ0n) is 14.4. The maximum atomic E-state index is 9.86. The highest BCUT2D eigenvalue weighted by molar-refractivity contribution is 6.31. The second-order valence-corrected chi connectivity index (χ2v) is 6.19. The average Bonchev–Trinajstić information content (AvgIpc) is 2.57. The molecule has 27 heavy (non-hydrogen) atoms. The molecule has 5 N–H and O–H groups in total. The van der Waals surface area contributed by atoms with Gasteiger partial charge in [0.15, 0.2) is 0 Å². The van der Waals surface area contributed by atoms with E-state index in [0.717, 1.165) is 0 Å². The van der Waals surface area contributed by atoms with E-state index in [0.29, 0.717) is 32.6 Å². The van der Waals surface area contributed by atoms with E-state index in [-0.39, 0.29) is 29.9 Å². The molecule has 0 saturated heterocycles. The van der Waals surface area contributed by atoms with E-state index in [1.54, 1.807) is 38.1 Å². The first-order valence-corrected chi connectivity index (χ1v) is 8.20. The smallest absolute Gasteiger partial charge is 0.230 e. The molecule has 0 aliphatic carbocycles. The largest absolute Gasteiger partial charge is 0.507 e. The normalized spacial score (nSPS) is 11.6. The van der Waals surface area contributed by atoms with Gasteiger partial charge in [-0.25, -0.2) is 10.9 Å². The van der Waals surface area contributed by atoms with Crippen LogP contribution >= 0.6 is 35.6 Å². The molecule has 0 fully saturated rings. The van der Waals surface area contributed by atoms with Crippen LogP contribution in [-0.4, -0.2) is 27.6 Å². The topological polar surface area (TPSA) is 113 Å². The molecule has 0 bridgehead atoms. The van der Waals surface area contributed by atoms with Gasteiger partial charge in [0.1, 0.15) is 11.5 Å². The number of benzene rings is 2. The van der Waals surface area contributed by atoms with Crippen molar-refractivity contribution >= 4 is 53.0 Å². The summed E-state index contributed by atoms with van der Waals surface area (Å²) in [6, 6.07) is 9.33.